The van der Waals surface area contributed by atoms with Crippen LogP contribution < -0.4 is 4.74 Å². The maximum Gasteiger partial charge on any atom is 0.242 e. The second-order valence-electron chi connectivity index (χ2n) is 7.30. The van der Waals surface area contributed by atoms with Gasteiger partial charge in [-0.05, 0) is 48.2 Å². The molecule has 0 aliphatic rings. The molecule has 4 rings (SSSR count). The van der Waals surface area contributed by atoms with Crippen LogP contribution in [0, 0.1) is 0 Å². The molecule has 0 saturated heterocycles. The largest absolute Gasteiger partial charge is 0.486 e. The number of hydrogen-bond acceptors (Lipinski definition) is 4. The van der Waals surface area contributed by atoms with E-state index < -0.39 is 0 Å². The summed E-state index contributed by atoms with van der Waals surface area (Å²) in [5, 5.41) is 0. The number of benzene rings is 3. The van der Waals surface area contributed by atoms with Crippen LogP contribution in [0.3, 0.4) is 0 Å². The number of carbonyl (C=O) groups is 1. The lowest BCUT2D eigenvalue weighted by molar-refractivity contribution is -0.131. The Morgan fingerprint density at radius 3 is 2.45 bits per heavy atom. The number of ether oxygens (including phenoxy) is 1. The standard InChI is InChI=1S/C25H25N3O2S/c1-27(16-19-12-14-21(31-2)15-13-19)25(29)17-28-23-11-7-6-10-22(23)26-24(28)18-30-20-8-4-3-5-9-20/h3-15H,16-18H2,1-2H3. The number of rotatable bonds is 8. The highest BCUT2D eigenvalue weighted by molar-refractivity contribution is 7.98. The Kier molecular flexibility index (Phi) is 6.57. The first kappa shape index (κ1) is 21.0. The first-order chi connectivity index (χ1) is 15.1. The predicted molar refractivity (Wildman–Crippen MR) is 125 cm³/mol. The van der Waals surface area contributed by atoms with Crippen molar-refractivity contribution in [2.24, 2.45) is 0 Å². The molecule has 4 aromatic rings. The summed E-state index contributed by atoms with van der Waals surface area (Å²) in [5.74, 6) is 1.53. The van der Waals surface area contributed by atoms with Gasteiger partial charge in [-0.1, -0.05) is 42.5 Å². The van der Waals surface area contributed by atoms with E-state index in [2.05, 4.69) is 30.5 Å². The molecule has 0 saturated carbocycles. The fourth-order valence-electron chi connectivity index (χ4n) is 3.43. The quantitative estimate of drug-likeness (QED) is 0.369. The highest BCUT2D eigenvalue weighted by Gasteiger charge is 2.17. The molecule has 0 atom stereocenters. The van der Waals surface area contributed by atoms with Crippen molar-refractivity contribution in [1.82, 2.24) is 14.5 Å². The van der Waals surface area contributed by atoms with Crippen LogP contribution in [-0.4, -0.2) is 33.7 Å². The number of para-hydroxylation sites is 3. The van der Waals surface area contributed by atoms with Gasteiger partial charge in [0.25, 0.3) is 0 Å². The zero-order chi connectivity index (χ0) is 21.6. The maximum atomic E-state index is 13.0. The number of hydrogen-bond donors (Lipinski definition) is 0. The Balaban J connectivity index is 1.51. The molecule has 31 heavy (non-hydrogen) atoms. The minimum absolute atomic E-state index is 0.0260. The Morgan fingerprint density at radius 2 is 1.71 bits per heavy atom. The molecule has 0 N–H and O–H groups in total. The smallest absolute Gasteiger partial charge is 0.242 e. The van der Waals surface area contributed by atoms with Crippen molar-refractivity contribution in [2.45, 2.75) is 24.6 Å². The molecule has 158 valence electrons. The lowest BCUT2D eigenvalue weighted by Crippen LogP contribution is -2.30. The van der Waals surface area contributed by atoms with Crippen LogP contribution in [0.15, 0.2) is 83.8 Å². The summed E-state index contributed by atoms with van der Waals surface area (Å²) in [6.07, 6.45) is 2.05. The van der Waals surface area contributed by atoms with E-state index in [0.717, 1.165) is 28.2 Å². The van der Waals surface area contributed by atoms with Gasteiger partial charge in [-0.3, -0.25) is 4.79 Å². The fourth-order valence-corrected chi connectivity index (χ4v) is 3.83. The molecule has 6 heteroatoms. The summed E-state index contributed by atoms with van der Waals surface area (Å²) in [6.45, 7) is 1.08. The van der Waals surface area contributed by atoms with Crippen molar-refractivity contribution in [1.29, 1.82) is 0 Å². The van der Waals surface area contributed by atoms with Gasteiger partial charge < -0.3 is 14.2 Å². The average molecular weight is 432 g/mol. The molecule has 3 aromatic carbocycles. The van der Waals surface area contributed by atoms with E-state index in [1.807, 2.05) is 66.2 Å². The molecule has 0 radical (unpaired) electrons. The van der Waals surface area contributed by atoms with Crippen molar-refractivity contribution in [3.05, 3.63) is 90.3 Å². The van der Waals surface area contributed by atoms with Crippen LogP contribution in [0.4, 0.5) is 0 Å². The number of aromatic nitrogens is 2. The van der Waals surface area contributed by atoms with Gasteiger partial charge in [0, 0.05) is 18.5 Å². The number of carbonyl (C=O) groups excluding carboxylic acids is 1. The Morgan fingerprint density at radius 1 is 1.00 bits per heavy atom. The zero-order valence-electron chi connectivity index (χ0n) is 17.7. The second-order valence-corrected chi connectivity index (χ2v) is 8.18. The summed E-state index contributed by atoms with van der Waals surface area (Å²) >= 11 is 1.71. The lowest BCUT2D eigenvalue weighted by atomic mass is 10.2. The van der Waals surface area contributed by atoms with Gasteiger partial charge >= 0.3 is 0 Å². The molecule has 0 bridgehead atoms. The van der Waals surface area contributed by atoms with Crippen molar-refractivity contribution in [2.75, 3.05) is 13.3 Å². The van der Waals surface area contributed by atoms with E-state index in [0.29, 0.717) is 13.2 Å². The minimum Gasteiger partial charge on any atom is -0.486 e. The highest BCUT2D eigenvalue weighted by atomic mass is 32.2. The van der Waals surface area contributed by atoms with Crippen molar-refractivity contribution < 1.29 is 9.53 Å². The molecule has 0 spiro atoms. The van der Waals surface area contributed by atoms with Crippen LogP contribution in [0.5, 0.6) is 5.75 Å². The van der Waals surface area contributed by atoms with Gasteiger partial charge in [0.05, 0.1) is 11.0 Å². The summed E-state index contributed by atoms with van der Waals surface area (Å²) in [5.41, 5.74) is 2.90. The third-order valence-corrected chi connectivity index (χ3v) is 5.89. The highest BCUT2D eigenvalue weighted by Crippen LogP contribution is 2.19. The normalized spacial score (nSPS) is 10.9. The van der Waals surface area contributed by atoms with Crippen LogP contribution in [0.1, 0.15) is 11.4 Å². The zero-order valence-corrected chi connectivity index (χ0v) is 18.5. The van der Waals surface area contributed by atoms with E-state index in [4.69, 9.17) is 9.72 Å². The molecule has 1 heterocycles. The summed E-state index contributed by atoms with van der Waals surface area (Å²) < 4.78 is 7.86. The van der Waals surface area contributed by atoms with Gasteiger partial charge in [0.1, 0.15) is 24.7 Å². The molecular weight excluding hydrogens is 406 g/mol. The predicted octanol–water partition coefficient (Wildman–Crippen LogP) is 5.00. The van der Waals surface area contributed by atoms with Gasteiger partial charge in [0.2, 0.25) is 5.91 Å². The van der Waals surface area contributed by atoms with Crippen LogP contribution >= 0.6 is 11.8 Å². The first-order valence-electron chi connectivity index (χ1n) is 10.1. The second kappa shape index (κ2) is 9.71. The van der Waals surface area contributed by atoms with E-state index in [-0.39, 0.29) is 12.5 Å². The number of imidazole rings is 1. The maximum absolute atomic E-state index is 13.0. The van der Waals surface area contributed by atoms with Crippen molar-refractivity contribution >= 4 is 28.7 Å². The van der Waals surface area contributed by atoms with E-state index >= 15 is 0 Å². The Bertz CT molecular complexity index is 1160. The molecule has 5 nitrogen and oxygen atoms in total. The van der Waals surface area contributed by atoms with Crippen LogP contribution in [0.2, 0.25) is 0 Å². The molecule has 1 aromatic heterocycles. The van der Waals surface area contributed by atoms with Gasteiger partial charge in [0.15, 0.2) is 0 Å². The van der Waals surface area contributed by atoms with Crippen molar-refractivity contribution in [3.8, 4) is 5.75 Å². The SMILES string of the molecule is CSc1ccc(CN(C)C(=O)Cn2c(COc3ccccc3)nc3ccccc32)cc1. The monoisotopic (exact) mass is 431 g/mol. The number of amides is 1. The molecule has 0 aliphatic carbocycles. The van der Waals surface area contributed by atoms with Crippen molar-refractivity contribution in [3.63, 3.8) is 0 Å². The first-order valence-corrected chi connectivity index (χ1v) is 11.4. The Labute approximate surface area is 186 Å². The summed E-state index contributed by atoms with van der Waals surface area (Å²) in [6, 6.07) is 25.8. The van der Waals surface area contributed by atoms with Gasteiger partial charge in [-0.15, -0.1) is 11.8 Å². The molecule has 0 aliphatic heterocycles. The Hall–Kier alpha value is -3.25. The lowest BCUT2D eigenvalue weighted by Gasteiger charge is -2.19. The van der Waals surface area contributed by atoms with Crippen LogP contribution in [0.25, 0.3) is 11.0 Å². The molecule has 1 amide bonds. The number of thioether (sulfide) groups is 1. The third-order valence-electron chi connectivity index (χ3n) is 5.14. The summed E-state index contributed by atoms with van der Waals surface area (Å²) in [7, 11) is 1.84. The van der Waals surface area contributed by atoms with Crippen LogP contribution in [-0.2, 0) is 24.5 Å². The summed E-state index contributed by atoms with van der Waals surface area (Å²) in [4.78, 5) is 20.7. The molecule has 0 unspecified atom stereocenters. The molecular formula is C25H25N3O2S. The topological polar surface area (TPSA) is 47.4 Å². The van der Waals surface area contributed by atoms with E-state index in [1.165, 1.54) is 4.90 Å². The van der Waals surface area contributed by atoms with Gasteiger partial charge in [-0.2, -0.15) is 0 Å². The number of likely N-dealkylation sites (N-methyl/N-ethyl adjacent to an activating group) is 1. The third kappa shape index (κ3) is 5.09. The fraction of sp³-hybridized carbons (Fsp3) is 0.200. The van der Waals surface area contributed by atoms with Gasteiger partial charge in [-0.25, -0.2) is 4.98 Å². The van der Waals surface area contributed by atoms with E-state index in [9.17, 15) is 4.79 Å². The number of fused-ring (bicyclic) bond motifs is 1. The molecule has 0 fully saturated rings. The minimum atomic E-state index is 0.0260. The number of nitrogens with zero attached hydrogens (tertiary/aromatic N) is 3. The van der Waals surface area contributed by atoms with E-state index in [1.54, 1.807) is 16.7 Å². The average Bonchev–Trinajstić information content (AvgIpc) is 3.16.